The van der Waals surface area contributed by atoms with Crippen molar-refractivity contribution in [3.63, 3.8) is 0 Å². The second-order valence-corrected chi connectivity index (χ2v) is 6.41. The van der Waals surface area contributed by atoms with Crippen molar-refractivity contribution in [3.8, 4) is 0 Å². The van der Waals surface area contributed by atoms with Crippen LogP contribution in [0.5, 0.6) is 0 Å². The average Bonchev–Trinajstić information content (AvgIpc) is 3.17. The van der Waals surface area contributed by atoms with Crippen LogP contribution in [0.15, 0.2) is 73.1 Å². The first-order valence-electron chi connectivity index (χ1n) is 8.44. The molecule has 1 heterocycles. The van der Waals surface area contributed by atoms with E-state index in [4.69, 9.17) is 4.74 Å². The van der Waals surface area contributed by atoms with Crippen molar-refractivity contribution >= 4 is 5.97 Å². The van der Waals surface area contributed by atoms with Gasteiger partial charge in [-0.2, -0.15) is 0 Å². The predicted octanol–water partition coefficient (Wildman–Crippen LogP) is 3.94. The summed E-state index contributed by atoms with van der Waals surface area (Å²) in [5.74, 6) is 0.483. The van der Waals surface area contributed by atoms with E-state index in [2.05, 4.69) is 9.97 Å². The van der Waals surface area contributed by atoms with E-state index in [-0.39, 0.29) is 11.9 Å². The number of imidazole rings is 1. The van der Waals surface area contributed by atoms with E-state index in [0.29, 0.717) is 12.4 Å². The van der Waals surface area contributed by atoms with Crippen molar-refractivity contribution in [2.75, 3.05) is 6.61 Å². The first kappa shape index (κ1) is 17.0. The zero-order valence-electron chi connectivity index (χ0n) is 14.5. The number of hydrogen-bond donors (Lipinski definition) is 1. The Bertz CT molecular complexity index is 757. The zero-order valence-corrected chi connectivity index (χ0v) is 14.5. The Morgan fingerprint density at radius 2 is 1.60 bits per heavy atom. The molecule has 0 fully saturated rings. The molecule has 0 aliphatic rings. The number of ether oxygens (including phenoxy) is 1. The van der Waals surface area contributed by atoms with E-state index in [1.807, 2.05) is 74.5 Å². The molecule has 0 spiro atoms. The van der Waals surface area contributed by atoms with Crippen molar-refractivity contribution in [2.24, 2.45) is 5.92 Å². The van der Waals surface area contributed by atoms with Gasteiger partial charge in [0.25, 0.3) is 0 Å². The molecule has 0 saturated carbocycles. The Morgan fingerprint density at radius 1 is 1.04 bits per heavy atom. The third-order valence-corrected chi connectivity index (χ3v) is 4.12. The number of carbonyl (C=O) groups is 1. The Hall–Kier alpha value is -2.88. The van der Waals surface area contributed by atoms with Crippen LogP contribution in [0.3, 0.4) is 0 Å². The number of esters is 1. The van der Waals surface area contributed by atoms with Crippen molar-refractivity contribution in [2.45, 2.75) is 19.3 Å². The van der Waals surface area contributed by atoms with Crippen LogP contribution in [0, 0.1) is 5.92 Å². The van der Waals surface area contributed by atoms with Gasteiger partial charge in [-0.1, -0.05) is 74.5 Å². The number of hydrogen-bond acceptors (Lipinski definition) is 3. The fraction of sp³-hybridized carbons (Fsp3) is 0.238. The molecule has 4 heteroatoms. The Kier molecular flexibility index (Phi) is 4.98. The average molecular weight is 334 g/mol. The molecule has 0 saturated heterocycles. The van der Waals surface area contributed by atoms with Gasteiger partial charge in [0.2, 0.25) is 0 Å². The zero-order chi connectivity index (χ0) is 17.7. The molecule has 2 aromatic carbocycles. The quantitative estimate of drug-likeness (QED) is 0.695. The van der Waals surface area contributed by atoms with Gasteiger partial charge in [-0.05, 0) is 17.0 Å². The lowest BCUT2D eigenvalue weighted by Crippen LogP contribution is -2.41. The van der Waals surface area contributed by atoms with Crippen LogP contribution >= 0.6 is 0 Å². The van der Waals surface area contributed by atoms with Gasteiger partial charge in [0, 0.05) is 12.4 Å². The highest BCUT2D eigenvalue weighted by molar-refractivity contribution is 5.91. The molecule has 3 aromatic rings. The molecule has 25 heavy (non-hydrogen) atoms. The van der Waals surface area contributed by atoms with Crippen molar-refractivity contribution in [3.05, 3.63) is 90.0 Å². The number of H-pyrrole nitrogens is 1. The Morgan fingerprint density at radius 3 is 2.04 bits per heavy atom. The summed E-state index contributed by atoms with van der Waals surface area (Å²) in [6.45, 7) is 4.40. The highest BCUT2D eigenvalue weighted by Crippen LogP contribution is 2.38. The van der Waals surface area contributed by atoms with Crippen LogP contribution in [-0.4, -0.2) is 22.5 Å². The van der Waals surface area contributed by atoms with E-state index in [9.17, 15) is 4.79 Å². The summed E-state index contributed by atoms with van der Waals surface area (Å²) in [7, 11) is 0. The lowest BCUT2D eigenvalue weighted by atomic mass is 9.73. The summed E-state index contributed by atoms with van der Waals surface area (Å²) in [6.07, 6.45) is 3.39. The van der Waals surface area contributed by atoms with Gasteiger partial charge in [0.15, 0.2) is 5.41 Å². The molecule has 0 aliphatic carbocycles. The van der Waals surface area contributed by atoms with Gasteiger partial charge >= 0.3 is 5.97 Å². The summed E-state index contributed by atoms with van der Waals surface area (Å²) in [4.78, 5) is 21.0. The van der Waals surface area contributed by atoms with Gasteiger partial charge in [-0.3, -0.25) is 4.79 Å². The molecule has 3 rings (SSSR count). The van der Waals surface area contributed by atoms with E-state index in [0.717, 1.165) is 11.1 Å². The van der Waals surface area contributed by atoms with E-state index in [1.165, 1.54) is 0 Å². The minimum atomic E-state index is -1.12. The fourth-order valence-electron chi connectivity index (χ4n) is 2.97. The molecular weight excluding hydrogens is 312 g/mol. The number of carbonyl (C=O) groups excluding carboxylic acids is 1. The molecule has 0 bridgehead atoms. The maximum Gasteiger partial charge on any atom is 0.328 e. The van der Waals surface area contributed by atoms with Crippen molar-refractivity contribution in [1.29, 1.82) is 0 Å². The number of nitrogens with zero attached hydrogens (tertiary/aromatic N) is 1. The van der Waals surface area contributed by atoms with Crippen LogP contribution in [0.25, 0.3) is 0 Å². The van der Waals surface area contributed by atoms with Crippen molar-refractivity contribution < 1.29 is 9.53 Å². The monoisotopic (exact) mass is 334 g/mol. The first-order valence-corrected chi connectivity index (χ1v) is 8.44. The molecule has 0 radical (unpaired) electrons. The number of aromatic nitrogens is 2. The summed E-state index contributed by atoms with van der Waals surface area (Å²) >= 11 is 0. The first-order chi connectivity index (χ1) is 12.2. The van der Waals surface area contributed by atoms with Crippen LogP contribution in [0.2, 0.25) is 0 Å². The summed E-state index contributed by atoms with van der Waals surface area (Å²) in [5.41, 5.74) is 0.524. The molecule has 0 atom stereocenters. The minimum Gasteiger partial charge on any atom is -0.464 e. The standard InChI is InChI=1S/C21H22N2O2/c1-16(2)15-25-20(24)21(19-22-13-14-23-19,17-9-5-3-6-10-17)18-11-7-4-8-12-18/h3-14,16H,15H2,1-2H3,(H,22,23). The van der Waals surface area contributed by atoms with Gasteiger partial charge < -0.3 is 9.72 Å². The molecule has 1 aromatic heterocycles. The Labute approximate surface area is 147 Å². The maximum atomic E-state index is 13.4. The van der Waals surface area contributed by atoms with Gasteiger partial charge in [-0.15, -0.1) is 0 Å². The Balaban J connectivity index is 2.23. The third kappa shape index (κ3) is 3.20. The summed E-state index contributed by atoms with van der Waals surface area (Å²) in [5, 5.41) is 0. The highest BCUT2D eigenvalue weighted by Gasteiger charge is 2.47. The largest absolute Gasteiger partial charge is 0.464 e. The third-order valence-electron chi connectivity index (χ3n) is 4.12. The number of rotatable bonds is 6. The SMILES string of the molecule is CC(C)COC(=O)C(c1ccccc1)(c1ccccc1)c1ncc[nH]1. The van der Waals surface area contributed by atoms with Gasteiger partial charge in [0.05, 0.1) is 6.61 Å². The maximum absolute atomic E-state index is 13.4. The lowest BCUT2D eigenvalue weighted by molar-refractivity contribution is -0.148. The summed E-state index contributed by atoms with van der Waals surface area (Å²) in [6, 6.07) is 19.3. The lowest BCUT2D eigenvalue weighted by Gasteiger charge is -2.31. The van der Waals surface area contributed by atoms with E-state index >= 15 is 0 Å². The summed E-state index contributed by atoms with van der Waals surface area (Å²) < 4.78 is 5.70. The molecule has 1 N–H and O–H groups in total. The van der Waals surface area contributed by atoms with Crippen molar-refractivity contribution in [1.82, 2.24) is 9.97 Å². The smallest absolute Gasteiger partial charge is 0.328 e. The predicted molar refractivity (Wildman–Crippen MR) is 97.2 cm³/mol. The van der Waals surface area contributed by atoms with E-state index in [1.54, 1.807) is 12.4 Å². The van der Waals surface area contributed by atoms with Gasteiger partial charge in [0.1, 0.15) is 5.82 Å². The molecule has 0 amide bonds. The second kappa shape index (κ2) is 7.34. The topological polar surface area (TPSA) is 55.0 Å². The van der Waals surface area contributed by atoms with Crippen LogP contribution in [0.1, 0.15) is 30.8 Å². The fourth-order valence-corrected chi connectivity index (χ4v) is 2.97. The van der Waals surface area contributed by atoms with Crippen LogP contribution in [0.4, 0.5) is 0 Å². The number of nitrogens with one attached hydrogen (secondary N) is 1. The molecule has 0 aliphatic heterocycles. The second-order valence-electron chi connectivity index (χ2n) is 6.41. The molecular formula is C21H22N2O2. The minimum absolute atomic E-state index is 0.254. The highest BCUT2D eigenvalue weighted by atomic mass is 16.5. The molecule has 128 valence electrons. The van der Waals surface area contributed by atoms with Crippen LogP contribution < -0.4 is 0 Å². The molecule has 0 unspecified atom stereocenters. The van der Waals surface area contributed by atoms with Gasteiger partial charge in [-0.25, -0.2) is 4.98 Å². The van der Waals surface area contributed by atoms with Crippen LogP contribution in [-0.2, 0) is 14.9 Å². The van der Waals surface area contributed by atoms with E-state index < -0.39 is 5.41 Å². The number of aromatic amines is 1. The molecule has 4 nitrogen and oxygen atoms in total. The normalized spacial score (nSPS) is 11.5. The number of benzene rings is 2.